The fraction of sp³-hybridized carbons (Fsp3) is 0.500. The number of hydrogen-bond donors (Lipinski definition) is 1. The topological polar surface area (TPSA) is 29.5 Å². The van der Waals surface area contributed by atoms with Crippen molar-refractivity contribution in [2.75, 3.05) is 0 Å². The van der Waals surface area contributed by atoms with E-state index in [1.807, 2.05) is 26.0 Å². The molecule has 0 saturated heterocycles. The third-order valence-corrected chi connectivity index (χ3v) is 3.47. The minimum absolute atomic E-state index is 0.0371. The van der Waals surface area contributed by atoms with E-state index in [9.17, 15) is 5.11 Å². The van der Waals surface area contributed by atoms with E-state index in [-0.39, 0.29) is 12.2 Å². The van der Waals surface area contributed by atoms with Crippen LogP contribution in [0.4, 0.5) is 0 Å². The Morgan fingerprint density at radius 1 is 1.27 bits per heavy atom. The minimum Gasteiger partial charge on any atom is -0.488 e. The van der Waals surface area contributed by atoms with Crippen molar-refractivity contribution in [1.29, 1.82) is 0 Å². The van der Waals surface area contributed by atoms with Gasteiger partial charge in [-0.25, -0.2) is 0 Å². The minimum atomic E-state index is -0.304. The maximum absolute atomic E-state index is 9.41. The molecule has 0 unspecified atom stereocenters. The second-order valence-electron chi connectivity index (χ2n) is 4.17. The molecule has 1 aromatic rings. The van der Waals surface area contributed by atoms with Crippen molar-refractivity contribution in [1.82, 2.24) is 0 Å². The summed E-state index contributed by atoms with van der Waals surface area (Å²) < 4.78 is 5.67. The van der Waals surface area contributed by atoms with Crippen LogP contribution in [0.25, 0.3) is 0 Å². The predicted octanol–water partition coefficient (Wildman–Crippen LogP) is 2.86. The molecule has 0 spiro atoms. The molecule has 82 valence electrons. The van der Waals surface area contributed by atoms with Crippen molar-refractivity contribution in [3.63, 3.8) is 0 Å². The standard InChI is InChI=1S/C12H15ClO2/c1-7-5-9(6-8(2)12(7)13)15-11-4-3-10(11)14/h5-6,10-11,14H,3-4H2,1-2H3/t10-,11-/m1/s1. The van der Waals surface area contributed by atoms with E-state index < -0.39 is 0 Å². The van der Waals surface area contributed by atoms with Gasteiger partial charge in [-0.15, -0.1) is 0 Å². The van der Waals surface area contributed by atoms with Crippen LogP contribution < -0.4 is 4.74 Å². The van der Waals surface area contributed by atoms with Crippen LogP contribution in [0, 0.1) is 13.8 Å². The molecule has 1 aromatic carbocycles. The van der Waals surface area contributed by atoms with Crippen LogP contribution in [-0.4, -0.2) is 17.3 Å². The average molecular weight is 227 g/mol. The van der Waals surface area contributed by atoms with Gasteiger partial charge in [0.1, 0.15) is 11.9 Å². The summed E-state index contributed by atoms with van der Waals surface area (Å²) in [7, 11) is 0. The summed E-state index contributed by atoms with van der Waals surface area (Å²) in [5, 5.41) is 10.2. The van der Waals surface area contributed by atoms with E-state index in [1.54, 1.807) is 0 Å². The highest BCUT2D eigenvalue weighted by Gasteiger charge is 2.30. The zero-order chi connectivity index (χ0) is 11.0. The molecule has 0 aromatic heterocycles. The van der Waals surface area contributed by atoms with Gasteiger partial charge in [0.2, 0.25) is 0 Å². The lowest BCUT2D eigenvalue weighted by Crippen LogP contribution is -2.41. The second-order valence-corrected chi connectivity index (χ2v) is 4.55. The molecule has 1 fully saturated rings. The molecule has 1 saturated carbocycles. The van der Waals surface area contributed by atoms with Gasteiger partial charge in [-0.3, -0.25) is 0 Å². The molecular formula is C12H15ClO2. The van der Waals surface area contributed by atoms with Crippen LogP contribution >= 0.6 is 11.6 Å². The van der Waals surface area contributed by atoms with E-state index in [2.05, 4.69) is 0 Å². The molecule has 15 heavy (non-hydrogen) atoms. The molecule has 2 nitrogen and oxygen atoms in total. The van der Waals surface area contributed by atoms with Crippen LogP contribution in [0.3, 0.4) is 0 Å². The third-order valence-electron chi connectivity index (χ3n) is 2.87. The Labute approximate surface area is 94.8 Å². The van der Waals surface area contributed by atoms with Gasteiger partial charge in [-0.05, 0) is 49.9 Å². The summed E-state index contributed by atoms with van der Waals surface area (Å²) in [5.74, 6) is 0.804. The highest BCUT2D eigenvalue weighted by atomic mass is 35.5. The van der Waals surface area contributed by atoms with Crippen LogP contribution in [0.1, 0.15) is 24.0 Å². The zero-order valence-electron chi connectivity index (χ0n) is 8.96. The first kappa shape index (κ1) is 10.8. The molecule has 3 heteroatoms. The SMILES string of the molecule is Cc1cc(O[C@@H]2CC[C@H]2O)cc(C)c1Cl. The van der Waals surface area contributed by atoms with Gasteiger partial charge in [0.05, 0.1) is 6.10 Å². The number of halogens is 1. The Balaban J connectivity index is 2.15. The number of rotatable bonds is 2. The van der Waals surface area contributed by atoms with E-state index in [0.29, 0.717) is 0 Å². The fourth-order valence-corrected chi connectivity index (χ4v) is 1.85. The quantitative estimate of drug-likeness (QED) is 0.841. The fourth-order valence-electron chi connectivity index (χ4n) is 1.74. The van der Waals surface area contributed by atoms with Crippen molar-refractivity contribution in [3.8, 4) is 5.75 Å². The first-order valence-electron chi connectivity index (χ1n) is 5.19. The number of aliphatic hydroxyl groups is 1. The molecule has 2 rings (SSSR count). The Kier molecular flexibility index (Phi) is 2.89. The summed E-state index contributed by atoms with van der Waals surface area (Å²) in [5.41, 5.74) is 2.03. The van der Waals surface area contributed by atoms with Crippen molar-refractivity contribution >= 4 is 11.6 Å². The summed E-state index contributed by atoms with van der Waals surface area (Å²) in [4.78, 5) is 0. The molecule has 2 atom stereocenters. The van der Waals surface area contributed by atoms with Gasteiger partial charge in [-0.1, -0.05) is 11.6 Å². The third kappa shape index (κ3) is 2.11. The molecule has 0 amide bonds. The van der Waals surface area contributed by atoms with Crippen molar-refractivity contribution in [2.45, 2.75) is 38.9 Å². The maximum atomic E-state index is 9.41. The smallest absolute Gasteiger partial charge is 0.125 e. The first-order chi connectivity index (χ1) is 7.08. The molecule has 0 bridgehead atoms. The van der Waals surface area contributed by atoms with Crippen LogP contribution in [0.5, 0.6) is 5.75 Å². The van der Waals surface area contributed by atoms with Gasteiger partial charge >= 0.3 is 0 Å². The lowest BCUT2D eigenvalue weighted by atomic mass is 9.92. The first-order valence-corrected chi connectivity index (χ1v) is 5.57. The van der Waals surface area contributed by atoms with Gasteiger partial charge in [0, 0.05) is 5.02 Å². The normalized spacial score (nSPS) is 24.8. The monoisotopic (exact) mass is 226 g/mol. The number of hydrogen-bond acceptors (Lipinski definition) is 2. The number of aryl methyl sites for hydroxylation is 2. The zero-order valence-corrected chi connectivity index (χ0v) is 9.71. The van der Waals surface area contributed by atoms with E-state index >= 15 is 0 Å². The molecule has 1 aliphatic rings. The van der Waals surface area contributed by atoms with Crippen molar-refractivity contribution in [2.24, 2.45) is 0 Å². The lowest BCUT2D eigenvalue weighted by Gasteiger charge is -2.32. The number of aliphatic hydroxyl groups excluding tert-OH is 1. The number of ether oxygens (including phenoxy) is 1. The summed E-state index contributed by atoms with van der Waals surface area (Å²) in [6.07, 6.45) is 1.43. The summed E-state index contributed by atoms with van der Waals surface area (Å²) in [6.45, 7) is 3.92. The van der Waals surface area contributed by atoms with E-state index in [1.165, 1.54) is 0 Å². The summed E-state index contributed by atoms with van der Waals surface area (Å²) in [6, 6.07) is 3.83. The summed E-state index contributed by atoms with van der Waals surface area (Å²) >= 11 is 6.06. The van der Waals surface area contributed by atoms with Gasteiger partial charge in [-0.2, -0.15) is 0 Å². The molecule has 0 aliphatic heterocycles. The van der Waals surface area contributed by atoms with Gasteiger partial charge in [0.25, 0.3) is 0 Å². The predicted molar refractivity (Wildman–Crippen MR) is 60.6 cm³/mol. The Bertz CT molecular complexity index is 353. The van der Waals surface area contributed by atoms with E-state index in [0.717, 1.165) is 34.7 Å². The largest absolute Gasteiger partial charge is 0.488 e. The Morgan fingerprint density at radius 3 is 2.27 bits per heavy atom. The lowest BCUT2D eigenvalue weighted by molar-refractivity contribution is -0.0362. The highest BCUT2D eigenvalue weighted by Crippen LogP contribution is 2.30. The van der Waals surface area contributed by atoms with E-state index in [4.69, 9.17) is 16.3 Å². The second kappa shape index (κ2) is 4.03. The molecule has 1 aliphatic carbocycles. The van der Waals surface area contributed by atoms with Crippen molar-refractivity contribution < 1.29 is 9.84 Å². The van der Waals surface area contributed by atoms with Crippen LogP contribution in [-0.2, 0) is 0 Å². The van der Waals surface area contributed by atoms with Crippen LogP contribution in [0.15, 0.2) is 12.1 Å². The molecular weight excluding hydrogens is 212 g/mol. The molecule has 0 heterocycles. The van der Waals surface area contributed by atoms with Crippen LogP contribution in [0.2, 0.25) is 5.02 Å². The Hall–Kier alpha value is -0.730. The highest BCUT2D eigenvalue weighted by molar-refractivity contribution is 6.32. The Morgan fingerprint density at radius 2 is 1.87 bits per heavy atom. The van der Waals surface area contributed by atoms with Gasteiger partial charge in [0.15, 0.2) is 0 Å². The van der Waals surface area contributed by atoms with Crippen molar-refractivity contribution in [3.05, 3.63) is 28.3 Å². The number of benzene rings is 1. The van der Waals surface area contributed by atoms with Gasteiger partial charge < -0.3 is 9.84 Å². The average Bonchev–Trinajstić information content (AvgIpc) is 2.20. The molecule has 0 radical (unpaired) electrons. The maximum Gasteiger partial charge on any atom is 0.125 e. The molecule has 1 N–H and O–H groups in total.